The molecule has 0 spiro atoms. The maximum Gasteiger partial charge on any atom is 0.348 e. The van der Waals surface area contributed by atoms with Crippen LogP contribution >= 0.6 is 0 Å². The Bertz CT molecular complexity index is 754. The third-order valence-corrected chi connectivity index (χ3v) is 4.23. The molecule has 8 nitrogen and oxygen atoms in total. The number of hydrogen-bond donors (Lipinski definition) is 1. The van der Waals surface area contributed by atoms with Crippen molar-refractivity contribution in [2.45, 2.75) is 38.6 Å². The number of carbonyl (C=O) groups is 3. The number of carbonyl (C=O) groups excluding carboxylic acids is 3. The summed E-state index contributed by atoms with van der Waals surface area (Å²) in [5, 5.41) is 2.78. The van der Waals surface area contributed by atoms with E-state index in [1.54, 1.807) is 24.3 Å². The van der Waals surface area contributed by atoms with Crippen molar-refractivity contribution in [3.8, 4) is 5.75 Å². The van der Waals surface area contributed by atoms with Gasteiger partial charge in [-0.25, -0.2) is 9.59 Å². The molecule has 2 aliphatic heterocycles. The molecule has 0 saturated carbocycles. The quantitative estimate of drug-likeness (QED) is 0.448. The first kappa shape index (κ1) is 19.9. The zero-order valence-electron chi connectivity index (χ0n) is 15.9. The number of nitrogens with one attached hydrogen (secondary N) is 1. The van der Waals surface area contributed by atoms with Gasteiger partial charge >= 0.3 is 11.9 Å². The zero-order valence-corrected chi connectivity index (χ0v) is 15.9. The molecule has 1 aromatic rings. The fourth-order valence-electron chi connectivity index (χ4n) is 2.84. The van der Waals surface area contributed by atoms with Gasteiger partial charge in [0.1, 0.15) is 11.3 Å². The summed E-state index contributed by atoms with van der Waals surface area (Å²) in [4.78, 5) is 35.7. The third-order valence-electron chi connectivity index (χ3n) is 4.23. The van der Waals surface area contributed by atoms with Crippen molar-refractivity contribution in [2.24, 2.45) is 0 Å². The van der Waals surface area contributed by atoms with Crippen molar-refractivity contribution in [3.63, 3.8) is 0 Å². The van der Waals surface area contributed by atoms with Crippen LogP contribution in [0.25, 0.3) is 6.08 Å². The van der Waals surface area contributed by atoms with E-state index in [-0.39, 0.29) is 24.2 Å². The molecule has 1 amide bonds. The Hall–Kier alpha value is -2.87. The van der Waals surface area contributed by atoms with E-state index in [1.807, 2.05) is 0 Å². The van der Waals surface area contributed by atoms with Crippen LogP contribution in [-0.4, -0.2) is 49.5 Å². The normalized spacial score (nSPS) is 20.9. The highest BCUT2D eigenvalue weighted by atomic mass is 16.7. The van der Waals surface area contributed by atoms with Gasteiger partial charge in [0, 0.05) is 27.0 Å². The van der Waals surface area contributed by atoms with Gasteiger partial charge in [0.2, 0.25) is 0 Å². The molecule has 0 radical (unpaired) electrons. The van der Waals surface area contributed by atoms with E-state index < -0.39 is 17.7 Å². The summed E-state index contributed by atoms with van der Waals surface area (Å²) in [6.45, 7) is 4.09. The molecule has 1 aromatic carbocycles. The number of esters is 2. The lowest BCUT2D eigenvalue weighted by atomic mass is 10.1. The van der Waals surface area contributed by atoms with Gasteiger partial charge in [0.05, 0.1) is 6.10 Å². The molecule has 0 bridgehead atoms. The van der Waals surface area contributed by atoms with E-state index in [4.69, 9.17) is 18.9 Å². The Balaban J connectivity index is 1.51. The van der Waals surface area contributed by atoms with Crippen molar-refractivity contribution in [2.75, 3.05) is 19.8 Å². The lowest BCUT2D eigenvalue weighted by Crippen LogP contribution is -2.41. The lowest BCUT2D eigenvalue weighted by molar-refractivity contribution is -0.222. The number of rotatable bonds is 6. The van der Waals surface area contributed by atoms with Gasteiger partial charge < -0.3 is 24.3 Å². The molecular formula is C20H23NO7. The van der Waals surface area contributed by atoms with Crippen molar-refractivity contribution in [3.05, 3.63) is 35.4 Å². The molecule has 1 unspecified atom stereocenters. The Labute approximate surface area is 162 Å². The molecule has 1 N–H and O–H groups in total. The molecule has 3 rings (SSSR count). The van der Waals surface area contributed by atoms with Crippen molar-refractivity contribution in [1.29, 1.82) is 0 Å². The van der Waals surface area contributed by atoms with Gasteiger partial charge in [-0.05, 0) is 36.6 Å². The predicted octanol–water partition coefficient (Wildman–Crippen LogP) is 1.58. The lowest BCUT2D eigenvalue weighted by Gasteiger charge is -2.29. The fourth-order valence-corrected chi connectivity index (χ4v) is 2.84. The van der Waals surface area contributed by atoms with Crippen LogP contribution in [0, 0.1) is 0 Å². The van der Waals surface area contributed by atoms with Crippen molar-refractivity contribution < 1.29 is 33.3 Å². The van der Waals surface area contributed by atoms with Crippen LogP contribution < -0.4 is 10.1 Å². The van der Waals surface area contributed by atoms with Gasteiger partial charge in [-0.3, -0.25) is 4.79 Å². The molecule has 2 saturated heterocycles. The summed E-state index contributed by atoms with van der Waals surface area (Å²) in [7, 11) is 0. The number of amides is 1. The average Bonchev–Trinajstić information content (AvgIpc) is 3.15. The first-order valence-corrected chi connectivity index (χ1v) is 9.12. The highest BCUT2D eigenvalue weighted by molar-refractivity contribution is 6.18. The Kier molecular flexibility index (Phi) is 5.99. The Morgan fingerprint density at radius 2 is 1.89 bits per heavy atom. The van der Waals surface area contributed by atoms with Crippen molar-refractivity contribution in [1.82, 2.24) is 5.32 Å². The monoisotopic (exact) mass is 389 g/mol. The summed E-state index contributed by atoms with van der Waals surface area (Å²) < 4.78 is 21.0. The van der Waals surface area contributed by atoms with Crippen LogP contribution in [0.5, 0.6) is 5.75 Å². The zero-order chi connectivity index (χ0) is 20.1. The molecule has 2 aliphatic rings. The third kappa shape index (κ3) is 5.32. The maximum absolute atomic E-state index is 12.0. The summed E-state index contributed by atoms with van der Waals surface area (Å²) >= 11 is 0. The highest BCUT2D eigenvalue weighted by Crippen LogP contribution is 2.24. The minimum atomic E-state index is -1.27. The standard InChI is InChI=1S/C20H23NO7/c1-20(2)27-18(23)16(19(24)28-20)10-13-5-7-14(8-6-13)26-12-17(22)21-11-15-4-3-9-25-15/h5-8,10,15H,3-4,9,11-12H2,1-2H3,(H,21,22). The van der Waals surface area contributed by atoms with Crippen LogP contribution in [0.4, 0.5) is 0 Å². The first-order chi connectivity index (χ1) is 13.3. The van der Waals surface area contributed by atoms with E-state index in [9.17, 15) is 14.4 Å². The van der Waals surface area contributed by atoms with Crippen LogP contribution in [0.1, 0.15) is 32.3 Å². The predicted molar refractivity (Wildman–Crippen MR) is 98.2 cm³/mol. The van der Waals surface area contributed by atoms with E-state index >= 15 is 0 Å². The molecule has 2 heterocycles. The number of hydrogen-bond acceptors (Lipinski definition) is 7. The molecule has 1 atom stereocenters. The SMILES string of the molecule is CC1(C)OC(=O)C(=Cc2ccc(OCC(=O)NCC3CCCO3)cc2)C(=O)O1. The minimum Gasteiger partial charge on any atom is -0.484 e. The molecule has 0 aromatic heterocycles. The Morgan fingerprint density at radius 3 is 2.50 bits per heavy atom. The highest BCUT2D eigenvalue weighted by Gasteiger charge is 2.38. The summed E-state index contributed by atoms with van der Waals surface area (Å²) in [6, 6.07) is 6.60. The van der Waals surface area contributed by atoms with Crippen LogP contribution in [-0.2, 0) is 28.6 Å². The minimum absolute atomic E-state index is 0.0833. The molecule has 28 heavy (non-hydrogen) atoms. The van der Waals surface area contributed by atoms with E-state index in [2.05, 4.69) is 5.32 Å². The second-order valence-electron chi connectivity index (χ2n) is 7.03. The van der Waals surface area contributed by atoms with E-state index in [0.29, 0.717) is 17.9 Å². The van der Waals surface area contributed by atoms with Gasteiger partial charge in [-0.2, -0.15) is 0 Å². The molecular weight excluding hydrogens is 366 g/mol. The van der Waals surface area contributed by atoms with Crippen LogP contribution in [0.15, 0.2) is 29.8 Å². The van der Waals surface area contributed by atoms with Gasteiger partial charge in [0.25, 0.3) is 11.7 Å². The second-order valence-corrected chi connectivity index (χ2v) is 7.03. The molecule has 0 aliphatic carbocycles. The van der Waals surface area contributed by atoms with Crippen LogP contribution in [0.3, 0.4) is 0 Å². The largest absolute Gasteiger partial charge is 0.484 e. The number of ether oxygens (including phenoxy) is 4. The Morgan fingerprint density at radius 1 is 1.21 bits per heavy atom. The molecule has 2 fully saturated rings. The first-order valence-electron chi connectivity index (χ1n) is 9.12. The summed E-state index contributed by atoms with van der Waals surface area (Å²) in [5.74, 6) is -2.47. The fraction of sp³-hybridized carbons (Fsp3) is 0.450. The van der Waals surface area contributed by atoms with Gasteiger partial charge in [0.15, 0.2) is 6.61 Å². The van der Waals surface area contributed by atoms with E-state index in [0.717, 1.165) is 19.4 Å². The smallest absolute Gasteiger partial charge is 0.348 e. The van der Waals surface area contributed by atoms with Crippen molar-refractivity contribution >= 4 is 23.9 Å². The van der Waals surface area contributed by atoms with Crippen LogP contribution in [0.2, 0.25) is 0 Å². The number of benzene rings is 1. The van der Waals surface area contributed by atoms with Gasteiger partial charge in [-0.1, -0.05) is 12.1 Å². The topological polar surface area (TPSA) is 100 Å². The number of cyclic esters (lactones) is 2. The summed E-state index contributed by atoms with van der Waals surface area (Å²) in [5.41, 5.74) is 0.417. The molecule has 150 valence electrons. The second kappa shape index (κ2) is 8.43. The summed E-state index contributed by atoms with van der Waals surface area (Å²) in [6.07, 6.45) is 3.45. The van der Waals surface area contributed by atoms with Gasteiger partial charge in [-0.15, -0.1) is 0 Å². The van der Waals surface area contributed by atoms with E-state index in [1.165, 1.54) is 19.9 Å². The molecule has 8 heteroatoms. The maximum atomic E-state index is 12.0. The average molecular weight is 389 g/mol.